The van der Waals surface area contributed by atoms with E-state index in [2.05, 4.69) is 20.4 Å². The van der Waals surface area contributed by atoms with Gasteiger partial charge in [0, 0.05) is 55.9 Å². The third-order valence-corrected chi connectivity index (χ3v) is 7.95. The molecule has 2 amide bonds. The van der Waals surface area contributed by atoms with Gasteiger partial charge in [-0.05, 0) is 64.7 Å². The number of benzene rings is 1. The van der Waals surface area contributed by atoms with Crippen molar-refractivity contribution in [1.82, 2.24) is 24.3 Å². The summed E-state index contributed by atoms with van der Waals surface area (Å²) in [5, 5.41) is 12.9. The maximum absolute atomic E-state index is 13.6. The van der Waals surface area contributed by atoms with Gasteiger partial charge in [0.05, 0.1) is 36.6 Å². The van der Waals surface area contributed by atoms with E-state index in [1.807, 2.05) is 57.1 Å². The van der Waals surface area contributed by atoms with Crippen molar-refractivity contribution in [2.75, 3.05) is 37.5 Å². The molecule has 2 fully saturated rings. The molecule has 1 saturated carbocycles. The van der Waals surface area contributed by atoms with Crippen molar-refractivity contribution in [3.8, 4) is 11.6 Å². The van der Waals surface area contributed by atoms with Gasteiger partial charge in [-0.1, -0.05) is 0 Å². The van der Waals surface area contributed by atoms with E-state index >= 15 is 0 Å². The number of nitrogens with zero attached hydrogens (tertiary/aromatic N) is 6. The number of rotatable bonds is 7. The molecule has 3 aromatic heterocycles. The van der Waals surface area contributed by atoms with Gasteiger partial charge in [0.2, 0.25) is 5.88 Å². The van der Waals surface area contributed by atoms with E-state index in [9.17, 15) is 9.59 Å². The minimum atomic E-state index is -0.526. The van der Waals surface area contributed by atoms with Gasteiger partial charge in [0.1, 0.15) is 17.0 Å². The summed E-state index contributed by atoms with van der Waals surface area (Å²) < 4.78 is 20.1. The summed E-state index contributed by atoms with van der Waals surface area (Å²) in [5.41, 5.74) is 2.87. The zero-order valence-electron chi connectivity index (χ0n) is 25.6. The molecule has 1 aliphatic heterocycles. The summed E-state index contributed by atoms with van der Waals surface area (Å²) in [5.74, 6) is 0.593. The zero-order valence-corrected chi connectivity index (χ0v) is 25.6. The molecular weight excluding hydrogens is 550 g/mol. The summed E-state index contributed by atoms with van der Waals surface area (Å²) in [6.45, 7) is 7.23. The minimum absolute atomic E-state index is 0.131. The molecule has 1 saturated heterocycles. The van der Waals surface area contributed by atoms with Crippen LogP contribution < -0.4 is 19.7 Å². The van der Waals surface area contributed by atoms with Crippen LogP contribution in [0.1, 0.15) is 56.9 Å². The summed E-state index contributed by atoms with van der Waals surface area (Å²) >= 11 is 0. The first-order valence-electron chi connectivity index (χ1n) is 14.7. The normalized spacial score (nSPS) is 16.0. The van der Waals surface area contributed by atoms with Crippen molar-refractivity contribution < 1.29 is 23.8 Å². The molecule has 1 N–H and O–H groups in total. The average molecular weight is 590 g/mol. The second-order valence-electron chi connectivity index (χ2n) is 12.3. The molecule has 0 atom stereocenters. The fraction of sp³-hybridized carbons (Fsp3) is 0.484. The smallest absolute Gasteiger partial charge is 0.410 e. The van der Waals surface area contributed by atoms with Crippen LogP contribution in [0.2, 0.25) is 0 Å². The third-order valence-electron chi connectivity index (χ3n) is 7.95. The lowest BCUT2D eigenvalue weighted by molar-refractivity contribution is 0.0114. The van der Waals surface area contributed by atoms with E-state index in [-0.39, 0.29) is 24.1 Å². The monoisotopic (exact) mass is 589 g/mol. The van der Waals surface area contributed by atoms with Crippen molar-refractivity contribution in [3.05, 3.63) is 42.2 Å². The van der Waals surface area contributed by atoms with E-state index in [1.54, 1.807) is 35.5 Å². The van der Waals surface area contributed by atoms with Crippen molar-refractivity contribution in [1.29, 1.82) is 0 Å². The molecule has 12 heteroatoms. The van der Waals surface area contributed by atoms with Gasteiger partial charge in [-0.2, -0.15) is 5.10 Å². The molecular formula is C31H39N7O5. The van der Waals surface area contributed by atoms with Gasteiger partial charge < -0.3 is 29.3 Å². The third kappa shape index (κ3) is 5.78. The number of methoxy groups -OCH3 is 2. The molecule has 0 spiro atoms. The Hall–Kier alpha value is -4.48. The van der Waals surface area contributed by atoms with Gasteiger partial charge in [-0.3, -0.25) is 9.48 Å². The van der Waals surface area contributed by atoms with Crippen LogP contribution in [0.5, 0.6) is 11.6 Å². The Morgan fingerprint density at radius 1 is 0.977 bits per heavy atom. The lowest BCUT2D eigenvalue weighted by Gasteiger charge is -2.40. The minimum Gasteiger partial charge on any atom is -0.494 e. The average Bonchev–Trinajstić information content (AvgIpc) is 3.57. The maximum Gasteiger partial charge on any atom is 0.410 e. The molecule has 0 unspecified atom stereocenters. The molecule has 12 nitrogen and oxygen atoms in total. The SMILES string of the molecule is COc1cc2c(N3CCC(N(C(=O)OC(C)(C)C)C4CC4)CC3)ccc(C(=O)Nc3cc4cn(C)nc4cc3OC)n2n1. The fourth-order valence-electron chi connectivity index (χ4n) is 5.86. The zero-order chi connectivity index (χ0) is 30.5. The fourth-order valence-corrected chi connectivity index (χ4v) is 5.86. The number of pyridine rings is 1. The van der Waals surface area contributed by atoms with Crippen molar-refractivity contribution in [2.24, 2.45) is 7.05 Å². The Morgan fingerprint density at radius 3 is 2.35 bits per heavy atom. The topological polar surface area (TPSA) is 115 Å². The van der Waals surface area contributed by atoms with Crippen LogP contribution in [0.15, 0.2) is 36.5 Å². The van der Waals surface area contributed by atoms with Crippen LogP contribution in [0.3, 0.4) is 0 Å². The quantitative estimate of drug-likeness (QED) is 0.325. The lowest BCUT2D eigenvalue weighted by atomic mass is 10.0. The number of aryl methyl sites for hydroxylation is 1. The molecule has 228 valence electrons. The number of amides is 2. The van der Waals surface area contributed by atoms with Crippen molar-refractivity contribution >= 4 is 39.8 Å². The second-order valence-corrected chi connectivity index (χ2v) is 12.3. The highest BCUT2D eigenvalue weighted by molar-refractivity contribution is 6.06. The highest BCUT2D eigenvalue weighted by Gasteiger charge is 2.41. The van der Waals surface area contributed by atoms with E-state index in [0.717, 1.165) is 60.9 Å². The Labute approximate surface area is 250 Å². The van der Waals surface area contributed by atoms with Crippen LogP contribution in [0.25, 0.3) is 16.4 Å². The Balaban J connectivity index is 1.24. The predicted octanol–water partition coefficient (Wildman–Crippen LogP) is 4.86. The maximum atomic E-state index is 13.6. The van der Waals surface area contributed by atoms with Gasteiger partial charge in [-0.25, -0.2) is 9.31 Å². The molecule has 6 rings (SSSR count). The predicted molar refractivity (Wildman–Crippen MR) is 163 cm³/mol. The van der Waals surface area contributed by atoms with Crippen molar-refractivity contribution in [2.45, 2.75) is 64.1 Å². The number of nitrogens with one attached hydrogen (secondary N) is 1. The van der Waals surface area contributed by atoms with Gasteiger partial charge in [0.25, 0.3) is 5.91 Å². The first-order valence-corrected chi connectivity index (χ1v) is 14.7. The number of anilines is 2. The van der Waals surface area contributed by atoms with Gasteiger partial charge in [-0.15, -0.1) is 5.10 Å². The van der Waals surface area contributed by atoms with Gasteiger partial charge >= 0.3 is 6.09 Å². The van der Waals surface area contributed by atoms with E-state index < -0.39 is 5.60 Å². The van der Waals surface area contributed by atoms with Crippen LogP contribution in [0.4, 0.5) is 16.2 Å². The highest BCUT2D eigenvalue weighted by Crippen LogP contribution is 2.36. The summed E-state index contributed by atoms with van der Waals surface area (Å²) in [6, 6.07) is 9.64. The van der Waals surface area contributed by atoms with Crippen LogP contribution >= 0.6 is 0 Å². The number of carbonyl (C=O) groups is 2. The largest absolute Gasteiger partial charge is 0.494 e. The molecule has 0 bridgehead atoms. The standard InChI is InChI=1S/C31H39N7O5/c1-31(2,3)43-30(40)37(20-7-8-20)21-11-13-36(14-12-21)24-9-10-25(38-26(24)17-28(34-38)42-6)29(39)32-23-15-19-18-35(4)33-22(19)16-27(23)41-5/h9-10,15-18,20-21H,7-8,11-14H2,1-6H3,(H,32,39). The molecule has 2 aliphatic rings. The number of carbonyl (C=O) groups excluding carboxylic acids is 2. The molecule has 4 heterocycles. The number of ether oxygens (including phenoxy) is 3. The Morgan fingerprint density at radius 2 is 1.70 bits per heavy atom. The van der Waals surface area contributed by atoms with E-state index in [1.165, 1.54) is 0 Å². The van der Waals surface area contributed by atoms with E-state index in [0.29, 0.717) is 23.0 Å². The van der Waals surface area contributed by atoms with E-state index in [4.69, 9.17) is 14.2 Å². The summed E-state index contributed by atoms with van der Waals surface area (Å²) in [7, 11) is 4.97. The number of hydrogen-bond donors (Lipinski definition) is 1. The molecule has 1 aliphatic carbocycles. The number of hydrogen-bond acceptors (Lipinski definition) is 8. The van der Waals surface area contributed by atoms with Crippen LogP contribution in [-0.2, 0) is 11.8 Å². The number of aromatic nitrogens is 4. The number of piperidine rings is 1. The highest BCUT2D eigenvalue weighted by atomic mass is 16.6. The molecule has 0 radical (unpaired) electrons. The molecule has 4 aromatic rings. The van der Waals surface area contributed by atoms with Crippen LogP contribution in [-0.4, -0.2) is 81.3 Å². The molecule has 1 aromatic carbocycles. The Bertz CT molecular complexity index is 1680. The first-order chi connectivity index (χ1) is 20.5. The number of fused-ring (bicyclic) bond motifs is 2. The lowest BCUT2D eigenvalue weighted by Crippen LogP contribution is -2.50. The van der Waals surface area contributed by atoms with Crippen LogP contribution in [0, 0.1) is 0 Å². The van der Waals surface area contributed by atoms with Crippen molar-refractivity contribution in [3.63, 3.8) is 0 Å². The summed E-state index contributed by atoms with van der Waals surface area (Å²) in [4.78, 5) is 30.9. The first kappa shape index (κ1) is 28.6. The van der Waals surface area contributed by atoms with Gasteiger partial charge in [0.15, 0.2) is 0 Å². The molecule has 43 heavy (non-hydrogen) atoms. The second kappa shape index (κ2) is 11.0. The Kier molecular flexibility index (Phi) is 7.31. The summed E-state index contributed by atoms with van der Waals surface area (Å²) in [6.07, 6.45) is 5.38.